The average molecular weight is 471 g/mol. The van der Waals surface area contributed by atoms with Gasteiger partial charge in [-0.2, -0.15) is 0 Å². The van der Waals surface area contributed by atoms with E-state index in [1.54, 1.807) is 17.7 Å². The van der Waals surface area contributed by atoms with Crippen LogP contribution >= 0.6 is 22.9 Å². The van der Waals surface area contributed by atoms with Gasteiger partial charge < -0.3 is 9.47 Å². The Labute approximate surface area is 192 Å². The van der Waals surface area contributed by atoms with E-state index in [9.17, 15) is 4.79 Å². The first kappa shape index (κ1) is 20.8. The summed E-state index contributed by atoms with van der Waals surface area (Å²) in [5.41, 5.74) is 3.38. The van der Waals surface area contributed by atoms with Crippen LogP contribution in [0.4, 0.5) is 5.13 Å². The predicted molar refractivity (Wildman–Crippen MR) is 121 cm³/mol. The normalized spacial score (nSPS) is 15.9. The molecular formula is C21H19ClN6O3S. The van der Waals surface area contributed by atoms with Crippen molar-refractivity contribution in [2.45, 2.75) is 19.3 Å². The first-order valence-corrected chi connectivity index (χ1v) is 11.1. The second-order valence-corrected chi connectivity index (χ2v) is 8.74. The van der Waals surface area contributed by atoms with Crippen molar-refractivity contribution in [3.8, 4) is 16.9 Å². The van der Waals surface area contributed by atoms with Crippen LogP contribution in [0.25, 0.3) is 16.1 Å². The molecule has 5 rings (SSSR count). The molecule has 164 valence electrons. The SMILES string of the molecule is COc1cnc(Cl)cc1-c1cc(C)ncc1C(=O)Nc1nn2cc([C@@H]3CCOC3)nc2s1. The molecule has 1 aliphatic rings. The monoisotopic (exact) mass is 470 g/mol. The van der Waals surface area contributed by atoms with Gasteiger partial charge in [0.15, 0.2) is 0 Å². The van der Waals surface area contributed by atoms with Gasteiger partial charge in [0.1, 0.15) is 10.9 Å². The molecule has 4 aromatic heterocycles. The zero-order valence-corrected chi connectivity index (χ0v) is 18.9. The highest BCUT2D eigenvalue weighted by Gasteiger charge is 2.23. The molecule has 1 fully saturated rings. The van der Waals surface area contributed by atoms with Crippen LogP contribution in [0, 0.1) is 6.92 Å². The van der Waals surface area contributed by atoms with Crippen molar-refractivity contribution in [3.63, 3.8) is 0 Å². The van der Waals surface area contributed by atoms with Crippen LogP contribution in [0.5, 0.6) is 5.75 Å². The van der Waals surface area contributed by atoms with Gasteiger partial charge in [0, 0.05) is 35.5 Å². The summed E-state index contributed by atoms with van der Waals surface area (Å²) >= 11 is 7.42. The number of rotatable bonds is 5. The maximum absolute atomic E-state index is 13.2. The number of aryl methyl sites for hydroxylation is 1. The summed E-state index contributed by atoms with van der Waals surface area (Å²) in [6.45, 7) is 3.29. The van der Waals surface area contributed by atoms with E-state index in [4.69, 9.17) is 21.1 Å². The number of carbonyl (C=O) groups is 1. The molecule has 11 heteroatoms. The number of methoxy groups -OCH3 is 1. The average Bonchev–Trinajstić information content (AvgIpc) is 3.50. The summed E-state index contributed by atoms with van der Waals surface area (Å²) in [6, 6.07) is 3.48. The highest BCUT2D eigenvalue weighted by molar-refractivity contribution is 7.20. The van der Waals surface area contributed by atoms with E-state index in [-0.39, 0.29) is 5.91 Å². The molecule has 4 aromatic rings. The van der Waals surface area contributed by atoms with Gasteiger partial charge in [-0.05, 0) is 25.5 Å². The standard InChI is InChI=1S/C21H19ClN6O3S/c1-11-5-13(14-6-18(22)24-8-17(14)30-2)15(7-23-11)19(29)26-20-27-28-9-16(25-21(28)32-20)12-3-4-31-10-12/h5-9,12H,3-4,10H2,1-2H3,(H,26,27,29)/t12-/m1/s1. The van der Waals surface area contributed by atoms with Gasteiger partial charge in [-0.15, -0.1) is 5.10 Å². The lowest BCUT2D eigenvalue weighted by Gasteiger charge is -2.13. The van der Waals surface area contributed by atoms with Crippen molar-refractivity contribution < 1.29 is 14.3 Å². The van der Waals surface area contributed by atoms with Gasteiger partial charge in [0.2, 0.25) is 10.1 Å². The Hall–Kier alpha value is -3.08. The van der Waals surface area contributed by atoms with Crippen molar-refractivity contribution in [1.82, 2.24) is 24.6 Å². The number of aromatic nitrogens is 5. The Balaban J connectivity index is 1.45. The molecule has 0 aliphatic carbocycles. The summed E-state index contributed by atoms with van der Waals surface area (Å²) in [7, 11) is 1.54. The largest absolute Gasteiger partial charge is 0.494 e. The Morgan fingerprint density at radius 1 is 1.31 bits per heavy atom. The van der Waals surface area contributed by atoms with Crippen LogP contribution < -0.4 is 10.1 Å². The molecule has 0 bridgehead atoms. The number of carbonyl (C=O) groups excluding carboxylic acids is 1. The zero-order valence-electron chi connectivity index (χ0n) is 17.3. The van der Waals surface area contributed by atoms with Gasteiger partial charge in [0.05, 0.1) is 37.4 Å². The molecule has 0 saturated carbocycles. The van der Waals surface area contributed by atoms with E-state index < -0.39 is 0 Å². The van der Waals surface area contributed by atoms with E-state index in [1.165, 1.54) is 23.7 Å². The first-order chi connectivity index (χ1) is 15.5. The van der Waals surface area contributed by atoms with Crippen molar-refractivity contribution in [2.24, 2.45) is 0 Å². The number of pyridine rings is 2. The van der Waals surface area contributed by atoms with E-state index in [0.29, 0.717) is 50.2 Å². The third-order valence-electron chi connectivity index (χ3n) is 5.26. The molecular weight excluding hydrogens is 452 g/mol. The lowest BCUT2D eigenvalue weighted by atomic mass is 10.0. The molecule has 1 amide bonds. The number of halogens is 1. The minimum absolute atomic E-state index is 0.297. The molecule has 32 heavy (non-hydrogen) atoms. The van der Waals surface area contributed by atoms with Gasteiger partial charge in [0.25, 0.3) is 5.91 Å². The third kappa shape index (κ3) is 3.92. The number of imidazole rings is 1. The molecule has 0 aromatic carbocycles. The van der Waals surface area contributed by atoms with Crippen LogP contribution in [0.15, 0.2) is 30.7 Å². The molecule has 1 N–H and O–H groups in total. The number of anilines is 1. The summed E-state index contributed by atoms with van der Waals surface area (Å²) in [4.78, 5) is 26.9. The van der Waals surface area contributed by atoms with Gasteiger partial charge in [-0.25, -0.2) is 14.5 Å². The topological polar surface area (TPSA) is 104 Å². The Morgan fingerprint density at radius 3 is 2.94 bits per heavy atom. The Kier molecular flexibility index (Phi) is 5.50. The van der Waals surface area contributed by atoms with E-state index >= 15 is 0 Å². The minimum Gasteiger partial charge on any atom is -0.494 e. The van der Waals surface area contributed by atoms with Crippen LogP contribution in [0.2, 0.25) is 5.15 Å². The van der Waals surface area contributed by atoms with Crippen LogP contribution in [-0.4, -0.2) is 50.8 Å². The van der Waals surface area contributed by atoms with Crippen molar-refractivity contribution in [3.05, 3.63) is 52.8 Å². The maximum atomic E-state index is 13.2. The first-order valence-electron chi connectivity index (χ1n) is 9.93. The van der Waals surface area contributed by atoms with Gasteiger partial charge >= 0.3 is 0 Å². The summed E-state index contributed by atoms with van der Waals surface area (Å²) in [6.07, 6.45) is 5.91. The van der Waals surface area contributed by atoms with Crippen LogP contribution in [-0.2, 0) is 4.74 Å². The summed E-state index contributed by atoms with van der Waals surface area (Å²) in [5.74, 6) is 0.458. The number of nitrogens with one attached hydrogen (secondary N) is 1. The zero-order chi connectivity index (χ0) is 22.2. The fourth-order valence-electron chi connectivity index (χ4n) is 3.65. The molecule has 0 spiro atoms. The van der Waals surface area contributed by atoms with E-state index in [0.717, 1.165) is 24.4 Å². The number of nitrogens with zero attached hydrogens (tertiary/aromatic N) is 5. The second-order valence-electron chi connectivity index (χ2n) is 7.39. The number of hydrogen-bond donors (Lipinski definition) is 1. The third-order valence-corrected chi connectivity index (χ3v) is 6.30. The molecule has 1 aliphatic heterocycles. The highest BCUT2D eigenvalue weighted by Crippen LogP contribution is 2.34. The number of ether oxygens (including phenoxy) is 2. The smallest absolute Gasteiger partial charge is 0.259 e. The quantitative estimate of drug-likeness (QED) is 0.440. The Bertz CT molecular complexity index is 1280. The van der Waals surface area contributed by atoms with E-state index in [1.807, 2.05) is 19.2 Å². The predicted octanol–water partition coefficient (Wildman–Crippen LogP) is 3.97. The molecule has 9 nitrogen and oxygen atoms in total. The molecule has 1 saturated heterocycles. The number of fused-ring (bicyclic) bond motifs is 1. The number of amides is 1. The van der Waals surface area contributed by atoms with Gasteiger partial charge in [-0.3, -0.25) is 15.1 Å². The van der Waals surface area contributed by atoms with E-state index in [2.05, 4.69) is 25.4 Å². The highest BCUT2D eigenvalue weighted by atomic mass is 35.5. The summed E-state index contributed by atoms with van der Waals surface area (Å²) < 4.78 is 12.6. The Morgan fingerprint density at radius 2 is 2.19 bits per heavy atom. The lowest BCUT2D eigenvalue weighted by Crippen LogP contribution is -2.14. The fourth-order valence-corrected chi connectivity index (χ4v) is 4.59. The van der Waals surface area contributed by atoms with Gasteiger partial charge in [-0.1, -0.05) is 22.9 Å². The maximum Gasteiger partial charge on any atom is 0.259 e. The van der Waals surface area contributed by atoms with Crippen molar-refractivity contribution >= 4 is 38.9 Å². The molecule has 1 atom stereocenters. The second kappa shape index (κ2) is 8.45. The molecule has 5 heterocycles. The fraction of sp³-hybridized carbons (Fsp3) is 0.286. The van der Waals surface area contributed by atoms with Crippen LogP contribution in [0.1, 0.15) is 34.1 Å². The summed E-state index contributed by atoms with van der Waals surface area (Å²) in [5, 5.41) is 8.06. The van der Waals surface area contributed by atoms with Crippen LogP contribution in [0.3, 0.4) is 0 Å². The minimum atomic E-state index is -0.344. The molecule has 0 unspecified atom stereocenters. The molecule has 0 radical (unpaired) electrons. The lowest BCUT2D eigenvalue weighted by molar-refractivity contribution is 0.102. The van der Waals surface area contributed by atoms with Crippen molar-refractivity contribution in [2.75, 3.05) is 25.6 Å². The van der Waals surface area contributed by atoms with Crippen molar-refractivity contribution in [1.29, 1.82) is 0 Å². The number of hydrogen-bond acceptors (Lipinski definition) is 8.